The maximum atomic E-state index is 6.31. The van der Waals surface area contributed by atoms with Crippen LogP contribution >= 0.6 is 11.6 Å². The first-order valence-corrected chi connectivity index (χ1v) is 6.21. The van der Waals surface area contributed by atoms with E-state index >= 15 is 0 Å². The summed E-state index contributed by atoms with van der Waals surface area (Å²) >= 11 is 6.31. The molecule has 4 heteroatoms. The lowest BCUT2D eigenvalue weighted by Crippen LogP contribution is -2.22. The first-order chi connectivity index (χ1) is 8.22. The first-order valence-electron chi connectivity index (χ1n) is 5.83. The predicted molar refractivity (Wildman–Crippen MR) is 69.3 cm³/mol. The molecule has 1 N–H and O–H groups in total. The molecule has 1 unspecified atom stereocenters. The van der Waals surface area contributed by atoms with Gasteiger partial charge < -0.3 is 14.8 Å². The van der Waals surface area contributed by atoms with Gasteiger partial charge in [0, 0.05) is 22.7 Å². The van der Waals surface area contributed by atoms with E-state index in [-0.39, 0.29) is 0 Å². The highest BCUT2D eigenvalue weighted by Crippen LogP contribution is 2.45. The van der Waals surface area contributed by atoms with Gasteiger partial charge in [-0.3, -0.25) is 0 Å². The van der Waals surface area contributed by atoms with Crippen LogP contribution < -0.4 is 14.8 Å². The summed E-state index contributed by atoms with van der Waals surface area (Å²) in [6, 6.07) is 2.14. The maximum absolute atomic E-state index is 6.31. The van der Waals surface area contributed by atoms with Crippen molar-refractivity contribution in [2.45, 2.75) is 25.3 Å². The third kappa shape index (κ3) is 2.09. The lowest BCUT2D eigenvalue weighted by Gasteiger charge is -2.28. The van der Waals surface area contributed by atoms with Crippen LogP contribution in [0.15, 0.2) is 6.07 Å². The van der Waals surface area contributed by atoms with Crippen molar-refractivity contribution in [2.24, 2.45) is 0 Å². The molecule has 0 spiro atoms. The second kappa shape index (κ2) is 5.15. The van der Waals surface area contributed by atoms with Gasteiger partial charge in [0.2, 0.25) is 0 Å². The second-order valence-electron chi connectivity index (χ2n) is 4.22. The highest BCUT2D eigenvalue weighted by molar-refractivity contribution is 6.31. The molecule has 17 heavy (non-hydrogen) atoms. The molecule has 0 aromatic heterocycles. The third-order valence-corrected chi connectivity index (χ3v) is 3.72. The van der Waals surface area contributed by atoms with Gasteiger partial charge in [-0.05, 0) is 31.9 Å². The molecule has 1 aromatic rings. The van der Waals surface area contributed by atoms with Crippen molar-refractivity contribution < 1.29 is 9.47 Å². The van der Waals surface area contributed by atoms with Gasteiger partial charge in [-0.25, -0.2) is 0 Å². The SMILES string of the molecule is CNC1CCCc2c(Cl)cc(OC)c(OC)c21. The molecule has 3 nitrogen and oxygen atoms in total. The van der Waals surface area contributed by atoms with Crippen LogP contribution in [0, 0.1) is 0 Å². The first kappa shape index (κ1) is 12.5. The molecule has 0 amide bonds. The van der Waals surface area contributed by atoms with E-state index in [9.17, 15) is 0 Å². The minimum Gasteiger partial charge on any atom is -0.493 e. The number of halogens is 1. The Hall–Kier alpha value is -0.930. The molecule has 0 heterocycles. The molecule has 0 saturated carbocycles. The van der Waals surface area contributed by atoms with Crippen LogP contribution in [-0.2, 0) is 6.42 Å². The summed E-state index contributed by atoms with van der Waals surface area (Å²) in [6.07, 6.45) is 3.25. The van der Waals surface area contributed by atoms with E-state index < -0.39 is 0 Å². The van der Waals surface area contributed by atoms with Gasteiger partial charge in [-0.15, -0.1) is 0 Å². The number of ether oxygens (including phenoxy) is 2. The Morgan fingerprint density at radius 1 is 1.35 bits per heavy atom. The van der Waals surface area contributed by atoms with Crippen molar-refractivity contribution in [1.29, 1.82) is 0 Å². The molecular weight excluding hydrogens is 238 g/mol. The second-order valence-corrected chi connectivity index (χ2v) is 4.63. The molecule has 0 radical (unpaired) electrons. The summed E-state index contributed by atoms with van der Waals surface area (Å²) in [4.78, 5) is 0. The number of rotatable bonds is 3. The van der Waals surface area contributed by atoms with Crippen LogP contribution in [0.4, 0.5) is 0 Å². The van der Waals surface area contributed by atoms with Crippen LogP contribution in [0.1, 0.15) is 30.0 Å². The van der Waals surface area contributed by atoms with E-state index in [0.717, 1.165) is 35.6 Å². The zero-order valence-electron chi connectivity index (χ0n) is 10.5. The quantitative estimate of drug-likeness (QED) is 0.901. The lowest BCUT2D eigenvalue weighted by molar-refractivity contribution is 0.342. The van der Waals surface area contributed by atoms with Gasteiger partial charge >= 0.3 is 0 Å². The number of fused-ring (bicyclic) bond motifs is 1. The zero-order chi connectivity index (χ0) is 12.4. The standard InChI is InChI=1S/C13H18ClNO2/c1-15-10-6-4-5-8-9(14)7-11(16-2)13(17-3)12(8)10/h7,10,15H,4-6H2,1-3H3. The Morgan fingerprint density at radius 2 is 2.12 bits per heavy atom. The number of hydrogen-bond acceptors (Lipinski definition) is 3. The van der Waals surface area contributed by atoms with Crippen LogP contribution in [0.25, 0.3) is 0 Å². The van der Waals surface area contributed by atoms with Crippen LogP contribution in [0.2, 0.25) is 5.02 Å². The molecule has 0 saturated heterocycles. The Kier molecular flexibility index (Phi) is 3.79. The molecule has 1 atom stereocenters. The number of methoxy groups -OCH3 is 2. The summed E-state index contributed by atoms with van der Waals surface area (Å²) in [6.45, 7) is 0. The fraction of sp³-hybridized carbons (Fsp3) is 0.538. The van der Waals surface area contributed by atoms with E-state index in [1.54, 1.807) is 14.2 Å². The predicted octanol–water partition coefficient (Wildman–Crippen LogP) is 2.95. The molecule has 0 fully saturated rings. The Labute approximate surface area is 107 Å². The van der Waals surface area contributed by atoms with Crippen molar-refractivity contribution in [3.63, 3.8) is 0 Å². The number of benzene rings is 1. The third-order valence-electron chi connectivity index (χ3n) is 3.38. The van der Waals surface area contributed by atoms with Gasteiger partial charge in [0.05, 0.1) is 14.2 Å². The summed E-state index contributed by atoms with van der Waals surface area (Å²) in [5.41, 5.74) is 2.35. The van der Waals surface area contributed by atoms with Gasteiger partial charge in [-0.1, -0.05) is 11.6 Å². The number of hydrogen-bond donors (Lipinski definition) is 1. The van der Waals surface area contributed by atoms with E-state index in [2.05, 4.69) is 5.32 Å². The summed E-state index contributed by atoms with van der Waals surface area (Å²) in [5, 5.41) is 4.09. The minimum absolute atomic E-state index is 0.293. The molecule has 1 aliphatic rings. The van der Waals surface area contributed by atoms with E-state index in [0.29, 0.717) is 11.8 Å². The van der Waals surface area contributed by atoms with Gasteiger partial charge in [0.15, 0.2) is 11.5 Å². The summed E-state index contributed by atoms with van der Waals surface area (Å²) in [7, 11) is 5.28. The van der Waals surface area contributed by atoms with Crippen LogP contribution in [-0.4, -0.2) is 21.3 Å². The molecule has 2 rings (SSSR count). The molecule has 0 aliphatic heterocycles. The summed E-state index contributed by atoms with van der Waals surface area (Å²) < 4.78 is 10.8. The molecule has 1 aromatic carbocycles. The largest absolute Gasteiger partial charge is 0.493 e. The normalized spacial score (nSPS) is 18.7. The fourth-order valence-electron chi connectivity index (χ4n) is 2.57. The Bertz CT molecular complexity index is 420. The van der Waals surface area contributed by atoms with Crippen LogP contribution in [0.3, 0.4) is 0 Å². The maximum Gasteiger partial charge on any atom is 0.165 e. The van der Waals surface area contributed by atoms with E-state index in [1.807, 2.05) is 13.1 Å². The fourth-order valence-corrected chi connectivity index (χ4v) is 2.86. The van der Waals surface area contributed by atoms with E-state index in [4.69, 9.17) is 21.1 Å². The van der Waals surface area contributed by atoms with Gasteiger partial charge in [-0.2, -0.15) is 0 Å². The van der Waals surface area contributed by atoms with Gasteiger partial charge in [0.1, 0.15) is 0 Å². The van der Waals surface area contributed by atoms with Crippen molar-refractivity contribution >= 4 is 11.6 Å². The van der Waals surface area contributed by atoms with Crippen molar-refractivity contribution in [2.75, 3.05) is 21.3 Å². The molecule has 0 bridgehead atoms. The highest BCUT2D eigenvalue weighted by atomic mass is 35.5. The molecule has 94 valence electrons. The molecular formula is C13H18ClNO2. The lowest BCUT2D eigenvalue weighted by atomic mass is 9.86. The monoisotopic (exact) mass is 255 g/mol. The Morgan fingerprint density at radius 3 is 2.71 bits per heavy atom. The van der Waals surface area contributed by atoms with E-state index in [1.165, 1.54) is 5.56 Å². The van der Waals surface area contributed by atoms with Gasteiger partial charge in [0.25, 0.3) is 0 Å². The minimum atomic E-state index is 0.293. The highest BCUT2D eigenvalue weighted by Gasteiger charge is 2.27. The average molecular weight is 256 g/mol. The van der Waals surface area contributed by atoms with Crippen molar-refractivity contribution in [3.05, 3.63) is 22.2 Å². The number of nitrogens with one attached hydrogen (secondary N) is 1. The van der Waals surface area contributed by atoms with Crippen molar-refractivity contribution in [3.8, 4) is 11.5 Å². The van der Waals surface area contributed by atoms with Crippen molar-refractivity contribution in [1.82, 2.24) is 5.32 Å². The van der Waals surface area contributed by atoms with Crippen LogP contribution in [0.5, 0.6) is 11.5 Å². The zero-order valence-corrected chi connectivity index (χ0v) is 11.2. The average Bonchev–Trinajstić information content (AvgIpc) is 2.37. The summed E-state index contributed by atoms with van der Waals surface area (Å²) in [5.74, 6) is 1.52. The molecule has 1 aliphatic carbocycles. The smallest absolute Gasteiger partial charge is 0.165 e. The Balaban J connectivity index is 2.64. The topological polar surface area (TPSA) is 30.5 Å².